The number of nitrogens with zero attached hydrogens (tertiary/aromatic N) is 2. The molecule has 0 aliphatic carbocycles. The first kappa shape index (κ1) is 12.8. The van der Waals surface area contributed by atoms with Gasteiger partial charge in [-0.1, -0.05) is 0 Å². The molecule has 0 bridgehead atoms. The molecule has 0 aromatic carbocycles. The molecule has 4 heteroatoms. The van der Waals surface area contributed by atoms with E-state index < -0.39 is 0 Å². The van der Waals surface area contributed by atoms with Crippen molar-refractivity contribution in [2.24, 2.45) is 11.7 Å². The summed E-state index contributed by atoms with van der Waals surface area (Å²) < 4.78 is 0. The standard InChI is InChI=1S/C13H25N3O/c1-13(2)7-11(14)9-16(13)12(17)10-5-4-6-15(3)8-10/h10-11H,4-9,14H2,1-3H3. The van der Waals surface area contributed by atoms with Crippen LogP contribution in [0.1, 0.15) is 33.1 Å². The summed E-state index contributed by atoms with van der Waals surface area (Å²) in [5.74, 6) is 0.493. The van der Waals surface area contributed by atoms with Crippen molar-refractivity contribution in [3.05, 3.63) is 0 Å². The quantitative estimate of drug-likeness (QED) is 0.731. The zero-order valence-corrected chi connectivity index (χ0v) is 11.3. The Bertz CT molecular complexity index is 303. The number of likely N-dealkylation sites (tertiary alicyclic amines) is 2. The first-order valence-electron chi connectivity index (χ1n) is 6.66. The van der Waals surface area contributed by atoms with Crippen molar-refractivity contribution < 1.29 is 4.79 Å². The molecule has 1 amide bonds. The van der Waals surface area contributed by atoms with Crippen LogP contribution in [-0.4, -0.2) is 54.0 Å². The number of carbonyl (C=O) groups excluding carboxylic acids is 1. The summed E-state index contributed by atoms with van der Waals surface area (Å²) in [7, 11) is 2.10. The highest BCUT2D eigenvalue weighted by Gasteiger charge is 2.42. The molecule has 98 valence electrons. The van der Waals surface area contributed by atoms with Crippen LogP contribution in [0.4, 0.5) is 0 Å². The second kappa shape index (κ2) is 4.58. The Morgan fingerprint density at radius 3 is 2.59 bits per heavy atom. The van der Waals surface area contributed by atoms with Crippen molar-refractivity contribution in [3.63, 3.8) is 0 Å². The topological polar surface area (TPSA) is 49.6 Å². The summed E-state index contributed by atoms with van der Waals surface area (Å²) in [6, 6.07) is 0.148. The molecular formula is C13H25N3O. The molecule has 0 aromatic heterocycles. The predicted octanol–water partition coefficient (Wildman–Crippen LogP) is 0.666. The molecule has 2 heterocycles. The van der Waals surface area contributed by atoms with E-state index in [9.17, 15) is 4.79 Å². The SMILES string of the molecule is CN1CCCC(C(=O)N2CC(N)CC2(C)C)C1. The summed E-state index contributed by atoms with van der Waals surface area (Å²) in [5, 5.41) is 0. The summed E-state index contributed by atoms with van der Waals surface area (Å²) in [4.78, 5) is 16.8. The van der Waals surface area contributed by atoms with Crippen LogP contribution in [0.15, 0.2) is 0 Å². The van der Waals surface area contributed by atoms with Crippen LogP contribution < -0.4 is 5.73 Å². The number of piperidine rings is 1. The number of amides is 1. The minimum Gasteiger partial charge on any atom is -0.336 e. The van der Waals surface area contributed by atoms with Gasteiger partial charge in [-0.15, -0.1) is 0 Å². The summed E-state index contributed by atoms with van der Waals surface area (Å²) in [6.07, 6.45) is 3.08. The number of nitrogens with two attached hydrogens (primary N) is 1. The summed E-state index contributed by atoms with van der Waals surface area (Å²) in [5.41, 5.74) is 5.93. The minimum atomic E-state index is -0.0630. The second-order valence-corrected chi connectivity index (χ2v) is 6.33. The highest BCUT2D eigenvalue weighted by atomic mass is 16.2. The van der Waals surface area contributed by atoms with Gasteiger partial charge in [-0.2, -0.15) is 0 Å². The lowest BCUT2D eigenvalue weighted by Crippen LogP contribution is -2.49. The van der Waals surface area contributed by atoms with Crippen LogP contribution in [0.25, 0.3) is 0 Å². The molecule has 17 heavy (non-hydrogen) atoms. The molecular weight excluding hydrogens is 214 g/mol. The lowest BCUT2D eigenvalue weighted by atomic mass is 9.94. The largest absolute Gasteiger partial charge is 0.336 e. The van der Waals surface area contributed by atoms with Crippen molar-refractivity contribution in [3.8, 4) is 0 Å². The Morgan fingerprint density at radius 2 is 2.06 bits per heavy atom. The fraction of sp³-hybridized carbons (Fsp3) is 0.923. The molecule has 2 N–H and O–H groups in total. The first-order chi connectivity index (χ1) is 7.90. The molecule has 2 rings (SSSR count). The maximum atomic E-state index is 12.6. The average molecular weight is 239 g/mol. The Labute approximate surface area is 104 Å². The van der Waals surface area contributed by atoms with Crippen LogP contribution in [-0.2, 0) is 4.79 Å². The van der Waals surface area contributed by atoms with Crippen molar-refractivity contribution in [1.82, 2.24) is 9.80 Å². The van der Waals surface area contributed by atoms with E-state index in [0.29, 0.717) is 5.91 Å². The highest BCUT2D eigenvalue weighted by molar-refractivity contribution is 5.80. The molecule has 2 fully saturated rings. The molecule has 2 aliphatic heterocycles. The van der Waals surface area contributed by atoms with Crippen LogP contribution in [0.2, 0.25) is 0 Å². The van der Waals surface area contributed by atoms with Gasteiger partial charge in [0, 0.05) is 24.7 Å². The van der Waals surface area contributed by atoms with Crippen LogP contribution >= 0.6 is 0 Å². The lowest BCUT2D eigenvalue weighted by molar-refractivity contribution is -0.140. The molecule has 4 nitrogen and oxygen atoms in total. The molecule has 0 aromatic rings. The third-order valence-corrected chi connectivity index (χ3v) is 4.15. The van der Waals surface area contributed by atoms with E-state index >= 15 is 0 Å². The fourth-order valence-electron chi connectivity index (χ4n) is 3.27. The van der Waals surface area contributed by atoms with E-state index in [1.807, 2.05) is 4.90 Å². The molecule has 0 radical (unpaired) electrons. The molecule has 0 saturated carbocycles. The van der Waals surface area contributed by atoms with Crippen LogP contribution in [0, 0.1) is 5.92 Å². The summed E-state index contributed by atoms with van der Waals surface area (Å²) >= 11 is 0. The van der Waals surface area contributed by atoms with Crippen LogP contribution in [0.3, 0.4) is 0 Å². The highest BCUT2D eigenvalue weighted by Crippen LogP contribution is 2.30. The van der Waals surface area contributed by atoms with E-state index in [0.717, 1.165) is 38.9 Å². The third kappa shape index (κ3) is 2.63. The van der Waals surface area contributed by atoms with Crippen molar-refractivity contribution >= 4 is 5.91 Å². The van der Waals surface area contributed by atoms with Crippen molar-refractivity contribution in [2.45, 2.75) is 44.7 Å². The van der Waals surface area contributed by atoms with Gasteiger partial charge in [-0.25, -0.2) is 0 Å². The molecule has 0 spiro atoms. The number of hydrogen-bond acceptors (Lipinski definition) is 3. The minimum absolute atomic E-state index is 0.0630. The fourth-order valence-corrected chi connectivity index (χ4v) is 3.27. The lowest BCUT2D eigenvalue weighted by Gasteiger charge is -2.37. The van der Waals surface area contributed by atoms with Gasteiger partial charge >= 0.3 is 0 Å². The average Bonchev–Trinajstić information content (AvgIpc) is 2.51. The van der Waals surface area contributed by atoms with E-state index in [1.165, 1.54) is 0 Å². The van der Waals surface area contributed by atoms with E-state index in [-0.39, 0.29) is 17.5 Å². The van der Waals surface area contributed by atoms with Gasteiger partial charge in [0.15, 0.2) is 0 Å². The van der Waals surface area contributed by atoms with Gasteiger partial charge in [0.1, 0.15) is 0 Å². The van der Waals surface area contributed by atoms with Gasteiger partial charge < -0.3 is 15.5 Å². The Hall–Kier alpha value is -0.610. The zero-order valence-electron chi connectivity index (χ0n) is 11.3. The van der Waals surface area contributed by atoms with Gasteiger partial charge in [0.05, 0.1) is 5.92 Å². The molecule has 2 saturated heterocycles. The van der Waals surface area contributed by atoms with Gasteiger partial charge in [-0.05, 0) is 46.7 Å². The van der Waals surface area contributed by atoms with Crippen molar-refractivity contribution in [1.29, 1.82) is 0 Å². The smallest absolute Gasteiger partial charge is 0.227 e. The molecule has 2 atom stereocenters. The van der Waals surface area contributed by atoms with Crippen LogP contribution in [0.5, 0.6) is 0 Å². The van der Waals surface area contributed by atoms with Crippen molar-refractivity contribution in [2.75, 3.05) is 26.7 Å². The van der Waals surface area contributed by atoms with Gasteiger partial charge in [0.25, 0.3) is 0 Å². The first-order valence-corrected chi connectivity index (χ1v) is 6.66. The predicted molar refractivity (Wildman–Crippen MR) is 68.6 cm³/mol. The monoisotopic (exact) mass is 239 g/mol. The Kier molecular flexibility index (Phi) is 3.46. The Morgan fingerprint density at radius 1 is 1.35 bits per heavy atom. The van der Waals surface area contributed by atoms with E-state index in [4.69, 9.17) is 5.73 Å². The number of rotatable bonds is 1. The van der Waals surface area contributed by atoms with Gasteiger partial charge in [-0.3, -0.25) is 4.79 Å². The van der Waals surface area contributed by atoms with Gasteiger partial charge in [0.2, 0.25) is 5.91 Å². The molecule has 2 unspecified atom stereocenters. The third-order valence-electron chi connectivity index (χ3n) is 4.15. The summed E-state index contributed by atoms with van der Waals surface area (Å²) in [6.45, 7) is 7.01. The maximum Gasteiger partial charge on any atom is 0.227 e. The van der Waals surface area contributed by atoms with E-state index in [1.54, 1.807) is 0 Å². The van der Waals surface area contributed by atoms with E-state index in [2.05, 4.69) is 25.8 Å². The zero-order chi connectivity index (χ0) is 12.6. The normalized spacial score (nSPS) is 34.0. The maximum absolute atomic E-state index is 12.6. The number of hydrogen-bond donors (Lipinski definition) is 1. The molecule has 2 aliphatic rings. The second-order valence-electron chi connectivity index (χ2n) is 6.33. The Balaban J connectivity index is 2.04. The number of carbonyl (C=O) groups is 1.